The minimum Gasteiger partial charge on any atom is -0.508 e. The van der Waals surface area contributed by atoms with Crippen LogP contribution in [0.15, 0.2) is 78.9 Å². The minimum atomic E-state index is -2.73. The standard InChI is InChI=1S/C69H79Cl2N7O21/c1-27(2)12-44(75-5)66(91)78-56-46(82)17-33(20-52(73)83)64(89)77-55-32-18-49(61(50(19-32)96-48-11-8-31(58(56)85)16-42(48)71)99-67-62(60(87)59(86)51(26-79)97-67)98-53-24-68(4,74)63(88)28(3)94-53)95-47-10-7-30(15-41(47)70)57(84)38-23-45(81)36(22-43(55)72)29-6-9-39-37(14-29)54-34(25-76-65(38)90)13-35(80)21-40(54)69(39,92)93/h6-11,13-16,18-19,21,27-28,33,36,38,44,51,53,55-60,62-63,67,72,75,79-80,84-88,92-93H,12,17,20,22-26,74H2,1-5H3,(H2,73,83)(H,76,90)(H,77,89)(H,78,91). The van der Waals surface area contributed by atoms with Gasteiger partial charge in [0.25, 0.3) is 0 Å². The van der Waals surface area contributed by atoms with Gasteiger partial charge in [-0.25, -0.2) is 0 Å². The van der Waals surface area contributed by atoms with Crippen LogP contribution in [-0.4, -0.2) is 167 Å². The Morgan fingerprint density at radius 2 is 1.44 bits per heavy atom. The summed E-state index contributed by atoms with van der Waals surface area (Å²) in [4.78, 5) is 88.2. The monoisotopic (exact) mass is 1410 g/mol. The number of ketones is 2. The van der Waals surface area contributed by atoms with Gasteiger partial charge in [-0.1, -0.05) is 61.3 Å². The normalized spacial score (nSPS) is 30.2. The molecule has 28 nitrogen and oxygen atoms in total. The molecule has 0 aromatic heterocycles. The summed E-state index contributed by atoms with van der Waals surface area (Å²) in [5.74, 6) is -15.5. The van der Waals surface area contributed by atoms with Crippen LogP contribution in [0.1, 0.15) is 129 Å². The van der Waals surface area contributed by atoms with E-state index in [-0.39, 0.29) is 96.9 Å². The summed E-state index contributed by atoms with van der Waals surface area (Å²) in [5, 5.41) is 125. The van der Waals surface area contributed by atoms with Crippen molar-refractivity contribution in [2.24, 2.45) is 29.2 Å². The SMILES string of the molecule is CNC(CC(C)C)C(=O)NC1C(=O)CC(CC(N)=O)C(=O)NC2C(=N)CC3C(=O)CC(C(=O)NCc4cc(O)cc5c4-c4cc3ccc4C5(O)O)C(O)c3ccc(c(Cl)c3)Oc3cc2cc(c3OC2OC(CO)C(O)C(O)C2OC2CC(C)(N)C(O)C(C)O2)Oc2ccc(cc2Cl)C1O. The molecular formula is C69H79Cl2N7O21. The highest BCUT2D eigenvalue weighted by Gasteiger charge is 2.52. The highest BCUT2D eigenvalue weighted by molar-refractivity contribution is 6.32. The first-order valence-corrected chi connectivity index (χ1v) is 33.0. The second kappa shape index (κ2) is 28.7. The molecule has 0 spiro atoms. The number of fused-ring (bicyclic) bond motifs is 12. The number of carbonyl (C=O) groups is 6. The maximum absolute atomic E-state index is 15.6. The number of benzene rings is 5. The number of primary amides is 1. The molecule has 2 fully saturated rings. The number of phenolic OH excluding ortho intramolecular Hbond substituents is 1. The Kier molecular flexibility index (Phi) is 21.0. The van der Waals surface area contributed by atoms with Gasteiger partial charge in [0.05, 0.1) is 58.9 Å². The smallest absolute Gasteiger partial charge is 0.237 e. The van der Waals surface area contributed by atoms with Crippen LogP contribution in [0.25, 0.3) is 11.1 Å². The van der Waals surface area contributed by atoms with Gasteiger partial charge in [0.1, 0.15) is 53.5 Å². The zero-order valence-corrected chi connectivity index (χ0v) is 55.8. The second-order valence-corrected chi connectivity index (χ2v) is 27.7. The van der Waals surface area contributed by atoms with Gasteiger partial charge in [0.15, 0.2) is 29.7 Å². The van der Waals surface area contributed by atoms with Crippen molar-refractivity contribution in [1.82, 2.24) is 21.3 Å². The number of aliphatic hydroxyl groups is 8. The average molecular weight is 1410 g/mol. The average Bonchev–Trinajstić information content (AvgIpc) is 1.58. The quantitative estimate of drug-likeness (QED) is 0.0798. The molecule has 7 heterocycles. The number of ether oxygens (including phenoxy) is 6. The fraction of sp³-hybridized carbons (Fsp3) is 0.464. The van der Waals surface area contributed by atoms with Gasteiger partial charge in [-0.15, -0.1) is 0 Å². The number of aliphatic hydroxyl groups excluding tert-OH is 6. The third-order valence-corrected chi connectivity index (χ3v) is 19.8. The number of likely N-dealkylation sites (N-methyl/N-ethyl adjacent to an activating group) is 1. The molecule has 1 aliphatic carbocycles. The molecule has 30 heteroatoms. The molecule has 2 saturated heterocycles. The van der Waals surface area contributed by atoms with Crippen LogP contribution in [-0.2, 0) is 55.3 Å². The van der Waals surface area contributed by atoms with Crippen molar-refractivity contribution >= 4 is 64.1 Å². The lowest BCUT2D eigenvalue weighted by atomic mass is 9.80. The van der Waals surface area contributed by atoms with Crippen molar-refractivity contribution in [2.75, 3.05) is 13.7 Å². The molecule has 7 aliphatic heterocycles. The van der Waals surface area contributed by atoms with Crippen LogP contribution in [0.4, 0.5) is 0 Å². The summed E-state index contributed by atoms with van der Waals surface area (Å²) >= 11 is 14.3. The number of hydrogen-bond donors (Lipinski definition) is 16. The number of nitrogens with one attached hydrogen (secondary N) is 5. The topological polar surface area (TPSA) is 464 Å². The van der Waals surface area contributed by atoms with Crippen LogP contribution in [0.2, 0.25) is 10.0 Å². The van der Waals surface area contributed by atoms with Gasteiger partial charge in [0, 0.05) is 66.9 Å². The minimum absolute atomic E-state index is 0.0167. The van der Waals surface area contributed by atoms with E-state index in [9.17, 15) is 70.5 Å². The van der Waals surface area contributed by atoms with Gasteiger partial charge in [0.2, 0.25) is 41.5 Å². The van der Waals surface area contributed by atoms with Crippen molar-refractivity contribution in [3.05, 3.63) is 128 Å². The molecule has 17 atom stereocenters. The summed E-state index contributed by atoms with van der Waals surface area (Å²) in [5.41, 5.74) is 10.7. The summed E-state index contributed by atoms with van der Waals surface area (Å²) in [7, 11) is 1.53. The van der Waals surface area contributed by atoms with Gasteiger partial charge in [-0.3, -0.25) is 28.8 Å². The number of rotatable bonds is 12. The number of hydrogen-bond acceptors (Lipinski definition) is 24. The summed E-state index contributed by atoms with van der Waals surface area (Å²) < 4.78 is 38.8. The number of amides is 4. The fourth-order valence-corrected chi connectivity index (χ4v) is 14.3. The van der Waals surface area contributed by atoms with Crippen molar-refractivity contribution in [2.45, 2.75) is 170 Å². The molecule has 5 aromatic rings. The van der Waals surface area contributed by atoms with E-state index in [0.29, 0.717) is 0 Å². The first-order valence-electron chi connectivity index (χ1n) is 32.2. The number of nitrogens with two attached hydrogens (primary N) is 2. The lowest BCUT2D eigenvalue weighted by Crippen LogP contribution is -2.64. The van der Waals surface area contributed by atoms with Crippen LogP contribution in [0, 0.1) is 23.2 Å². The highest BCUT2D eigenvalue weighted by atomic mass is 35.5. The molecule has 8 aliphatic rings. The Bertz CT molecular complexity index is 4020. The number of Topliss-reactive ketones (excluding diaryl/α,β-unsaturated/α-hetero) is 2. The van der Waals surface area contributed by atoms with Gasteiger partial charge in [-0.2, -0.15) is 0 Å². The molecule has 11 bridgehead atoms. The first kappa shape index (κ1) is 72.5. The number of aromatic hydroxyl groups is 1. The maximum Gasteiger partial charge on any atom is 0.237 e. The zero-order chi connectivity index (χ0) is 71.6. The molecule has 13 rings (SSSR count). The van der Waals surface area contributed by atoms with Gasteiger partial charge >= 0.3 is 0 Å². The van der Waals surface area contributed by atoms with E-state index in [4.69, 9.17) is 63.1 Å². The Morgan fingerprint density at radius 3 is 2.05 bits per heavy atom. The summed E-state index contributed by atoms with van der Waals surface area (Å²) in [6.07, 6.45) is -19.5. The van der Waals surface area contributed by atoms with E-state index in [1.807, 2.05) is 13.8 Å². The molecule has 0 radical (unpaired) electrons. The summed E-state index contributed by atoms with van der Waals surface area (Å²) in [6.45, 7) is 5.53. The van der Waals surface area contributed by atoms with E-state index in [1.165, 1.54) is 86.8 Å². The van der Waals surface area contributed by atoms with Gasteiger partial charge in [-0.05, 0) is 127 Å². The molecule has 0 saturated carbocycles. The third-order valence-electron chi connectivity index (χ3n) is 19.2. The molecule has 99 heavy (non-hydrogen) atoms. The summed E-state index contributed by atoms with van der Waals surface area (Å²) in [6, 6.07) is 12.2. The third kappa shape index (κ3) is 14.6. The Labute approximate surface area is 577 Å². The molecule has 17 unspecified atom stereocenters. The Balaban J connectivity index is 1.15. The molecule has 18 N–H and O–H groups in total. The molecule has 5 aromatic carbocycles. The molecular weight excluding hydrogens is 1330 g/mol. The van der Waals surface area contributed by atoms with Crippen LogP contribution in [0.5, 0.6) is 34.5 Å². The van der Waals surface area contributed by atoms with Crippen molar-refractivity contribution in [3.63, 3.8) is 0 Å². The first-order chi connectivity index (χ1) is 46.8. The van der Waals surface area contributed by atoms with Crippen LogP contribution in [0.3, 0.4) is 0 Å². The van der Waals surface area contributed by atoms with Crippen molar-refractivity contribution in [3.8, 4) is 45.6 Å². The van der Waals surface area contributed by atoms with E-state index in [1.54, 1.807) is 6.92 Å². The van der Waals surface area contributed by atoms with Crippen molar-refractivity contribution in [1.29, 1.82) is 5.41 Å². The zero-order valence-electron chi connectivity index (χ0n) is 54.3. The second-order valence-electron chi connectivity index (χ2n) is 26.9. The number of carbonyl (C=O) groups excluding carboxylic acids is 6. The number of phenols is 1. The Hall–Kier alpha value is -7.75. The predicted molar refractivity (Wildman–Crippen MR) is 351 cm³/mol. The Morgan fingerprint density at radius 1 is 0.798 bits per heavy atom. The van der Waals surface area contributed by atoms with Gasteiger partial charge < -0.3 is 113 Å². The fourth-order valence-electron chi connectivity index (χ4n) is 13.9. The van der Waals surface area contributed by atoms with Crippen LogP contribution >= 0.6 is 23.2 Å². The maximum atomic E-state index is 15.6. The van der Waals surface area contributed by atoms with E-state index >= 15 is 9.59 Å². The largest absolute Gasteiger partial charge is 0.508 e. The highest BCUT2D eigenvalue weighted by Crippen LogP contribution is 2.52. The number of halogens is 2. The molecule has 530 valence electrons. The lowest BCUT2D eigenvalue weighted by molar-refractivity contribution is -0.333. The van der Waals surface area contributed by atoms with E-state index in [2.05, 4.69) is 21.3 Å². The van der Waals surface area contributed by atoms with E-state index < -0.39 is 205 Å². The lowest BCUT2D eigenvalue weighted by Gasteiger charge is -2.47. The van der Waals surface area contributed by atoms with E-state index in [0.717, 1.165) is 6.07 Å². The van der Waals surface area contributed by atoms with Crippen LogP contribution < -0.4 is 46.9 Å². The predicted octanol–water partition coefficient (Wildman–Crippen LogP) is 3.09. The molecule has 4 amide bonds. The van der Waals surface area contributed by atoms with Crippen molar-refractivity contribution < 1.29 is 103 Å².